The minimum atomic E-state index is -0.560. The van der Waals surface area contributed by atoms with Crippen molar-refractivity contribution in [2.24, 2.45) is 0 Å². The van der Waals surface area contributed by atoms with E-state index in [1.54, 1.807) is 6.92 Å². The highest BCUT2D eigenvalue weighted by Gasteiger charge is 2.34. The SMILES string of the molecule is CCOC(=O)C1=C(CN2CCCCC2)NC(=O)N[C@H]1c1ccc(OC(C)C)cc1. The highest BCUT2D eigenvalue weighted by atomic mass is 16.5. The number of amides is 2. The van der Waals surface area contributed by atoms with E-state index in [1.807, 2.05) is 38.1 Å². The first-order chi connectivity index (χ1) is 14.0. The molecule has 29 heavy (non-hydrogen) atoms. The molecule has 7 heteroatoms. The molecule has 7 nitrogen and oxygen atoms in total. The van der Waals surface area contributed by atoms with Gasteiger partial charge in [-0.05, 0) is 64.4 Å². The van der Waals surface area contributed by atoms with Crippen molar-refractivity contribution in [3.8, 4) is 5.75 Å². The van der Waals surface area contributed by atoms with Gasteiger partial charge in [0.1, 0.15) is 5.75 Å². The Morgan fingerprint density at radius 2 is 1.86 bits per heavy atom. The van der Waals surface area contributed by atoms with Crippen LogP contribution in [0.5, 0.6) is 5.75 Å². The summed E-state index contributed by atoms with van der Waals surface area (Å²) in [5, 5.41) is 5.73. The number of piperidine rings is 1. The minimum absolute atomic E-state index is 0.0746. The molecule has 0 spiro atoms. The Hall–Kier alpha value is -2.54. The van der Waals surface area contributed by atoms with Crippen molar-refractivity contribution in [3.63, 3.8) is 0 Å². The lowest BCUT2D eigenvalue weighted by molar-refractivity contribution is -0.139. The molecule has 0 aromatic heterocycles. The Labute approximate surface area is 172 Å². The van der Waals surface area contributed by atoms with Crippen LogP contribution in [0.25, 0.3) is 0 Å². The van der Waals surface area contributed by atoms with Gasteiger partial charge in [-0.25, -0.2) is 9.59 Å². The molecule has 3 rings (SSSR count). The molecule has 2 N–H and O–H groups in total. The van der Waals surface area contributed by atoms with Crippen molar-refractivity contribution in [3.05, 3.63) is 41.1 Å². The van der Waals surface area contributed by atoms with Crippen LogP contribution < -0.4 is 15.4 Å². The lowest BCUT2D eigenvalue weighted by atomic mass is 9.94. The van der Waals surface area contributed by atoms with Crippen molar-refractivity contribution < 1.29 is 19.1 Å². The summed E-state index contributed by atoms with van der Waals surface area (Å²) >= 11 is 0. The van der Waals surface area contributed by atoms with Crippen LogP contribution >= 0.6 is 0 Å². The van der Waals surface area contributed by atoms with E-state index in [2.05, 4.69) is 15.5 Å². The Morgan fingerprint density at radius 3 is 2.48 bits per heavy atom. The molecule has 1 fully saturated rings. The predicted molar refractivity (Wildman–Crippen MR) is 111 cm³/mol. The minimum Gasteiger partial charge on any atom is -0.491 e. The summed E-state index contributed by atoms with van der Waals surface area (Å²) in [6.07, 6.45) is 3.57. The molecule has 158 valence electrons. The van der Waals surface area contributed by atoms with E-state index in [9.17, 15) is 9.59 Å². The summed E-state index contributed by atoms with van der Waals surface area (Å²) in [5.74, 6) is 0.346. The van der Waals surface area contributed by atoms with Gasteiger partial charge in [0, 0.05) is 12.2 Å². The normalized spacial score (nSPS) is 20.3. The number of ether oxygens (including phenoxy) is 2. The fraction of sp³-hybridized carbons (Fsp3) is 0.545. The maximum Gasteiger partial charge on any atom is 0.338 e. The number of carbonyl (C=O) groups excluding carboxylic acids is 2. The van der Waals surface area contributed by atoms with E-state index < -0.39 is 12.0 Å². The zero-order chi connectivity index (χ0) is 20.8. The zero-order valence-electron chi connectivity index (χ0n) is 17.5. The van der Waals surface area contributed by atoms with Gasteiger partial charge in [0.15, 0.2) is 0 Å². The topological polar surface area (TPSA) is 79.9 Å². The highest BCUT2D eigenvalue weighted by Crippen LogP contribution is 2.30. The second kappa shape index (κ2) is 9.78. The van der Waals surface area contributed by atoms with E-state index in [-0.39, 0.29) is 18.7 Å². The fourth-order valence-electron chi connectivity index (χ4n) is 3.79. The van der Waals surface area contributed by atoms with Gasteiger partial charge in [-0.3, -0.25) is 4.90 Å². The number of benzene rings is 1. The Balaban J connectivity index is 1.92. The monoisotopic (exact) mass is 401 g/mol. The van der Waals surface area contributed by atoms with Crippen LogP contribution in [-0.4, -0.2) is 49.2 Å². The van der Waals surface area contributed by atoms with Crippen LogP contribution in [0.15, 0.2) is 35.5 Å². The molecule has 2 aliphatic heterocycles. The predicted octanol–water partition coefficient (Wildman–Crippen LogP) is 3.13. The van der Waals surface area contributed by atoms with Gasteiger partial charge < -0.3 is 20.1 Å². The number of nitrogens with zero attached hydrogens (tertiary/aromatic N) is 1. The van der Waals surface area contributed by atoms with Gasteiger partial charge in [0.05, 0.1) is 24.3 Å². The number of likely N-dealkylation sites (tertiary alicyclic amines) is 1. The second-order valence-corrected chi connectivity index (χ2v) is 7.72. The molecule has 1 aromatic carbocycles. The van der Waals surface area contributed by atoms with Crippen LogP contribution in [0.3, 0.4) is 0 Å². The van der Waals surface area contributed by atoms with Crippen molar-refractivity contribution in [1.29, 1.82) is 0 Å². The molecule has 0 bridgehead atoms. The summed E-state index contributed by atoms with van der Waals surface area (Å²) in [4.78, 5) is 27.5. The first kappa shape index (κ1) is 21.2. The number of rotatable bonds is 7. The van der Waals surface area contributed by atoms with Gasteiger partial charge in [-0.15, -0.1) is 0 Å². The van der Waals surface area contributed by atoms with Crippen LogP contribution in [-0.2, 0) is 9.53 Å². The maximum atomic E-state index is 12.8. The third-order valence-electron chi connectivity index (χ3n) is 5.06. The van der Waals surface area contributed by atoms with Crippen molar-refractivity contribution >= 4 is 12.0 Å². The fourth-order valence-corrected chi connectivity index (χ4v) is 3.79. The third kappa shape index (κ3) is 5.50. The summed E-state index contributed by atoms with van der Waals surface area (Å²) in [6, 6.07) is 6.61. The van der Waals surface area contributed by atoms with Crippen molar-refractivity contribution in [2.45, 2.75) is 52.2 Å². The van der Waals surface area contributed by atoms with Crippen LogP contribution in [0.1, 0.15) is 51.6 Å². The molecule has 1 saturated heterocycles. The van der Waals surface area contributed by atoms with E-state index in [1.165, 1.54) is 6.42 Å². The summed E-state index contributed by atoms with van der Waals surface area (Å²) in [6.45, 7) is 8.47. The molecule has 2 aliphatic rings. The largest absolute Gasteiger partial charge is 0.491 e. The summed E-state index contributed by atoms with van der Waals surface area (Å²) < 4.78 is 11.0. The van der Waals surface area contributed by atoms with Gasteiger partial charge in [-0.1, -0.05) is 18.6 Å². The van der Waals surface area contributed by atoms with Crippen LogP contribution in [0.4, 0.5) is 4.79 Å². The smallest absolute Gasteiger partial charge is 0.338 e. The standard InChI is InChI=1S/C22H31N3O4/c1-4-28-21(26)19-18(14-25-12-6-5-7-13-25)23-22(27)24-20(19)16-8-10-17(11-9-16)29-15(2)3/h8-11,15,20H,4-7,12-14H2,1-3H3,(H2,23,24,27)/t20-/m0/s1. The number of nitrogens with one attached hydrogen (secondary N) is 2. The molecule has 2 heterocycles. The molecule has 0 unspecified atom stereocenters. The summed E-state index contributed by atoms with van der Waals surface area (Å²) in [5.41, 5.74) is 1.91. The Kier molecular flexibility index (Phi) is 7.14. The molecule has 1 atom stereocenters. The number of hydrogen-bond donors (Lipinski definition) is 2. The number of hydrogen-bond acceptors (Lipinski definition) is 5. The van der Waals surface area contributed by atoms with Crippen molar-refractivity contribution in [1.82, 2.24) is 15.5 Å². The molecule has 0 radical (unpaired) electrons. The first-order valence-electron chi connectivity index (χ1n) is 10.4. The maximum absolute atomic E-state index is 12.8. The molecular formula is C22H31N3O4. The van der Waals surface area contributed by atoms with E-state index in [0.29, 0.717) is 17.8 Å². The van der Waals surface area contributed by atoms with Gasteiger partial charge in [-0.2, -0.15) is 0 Å². The Bertz CT molecular complexity index is 752. The Morgan fingerprint density at radius 1 is 1.17 bits per heavy atom. The van der Waals surface area contributed by atoms with Crippen molar-refractivity contribution in [2.75, 3.05) is 26.2 Å². The molecular weight excluding hydrogens is 370 g/mol. The molecule has 2 amide bonds. The first-order valence-corrected chi connectivity index (χ1v) is 10.4. The average molecular weight is 402 g/mol. The second-order valence-electron chi connectivity index (χ2n) is 7.72. The van der Waals surface area contributed by atoms with E-state index in [0.717, 1.165) is 37.2 Å². The quantitative estimate of drug-likeness (QED) is 0.686. The van der Waals surface area contributed by atoms with E-state index >= 15 is 0 Å². The van der Waals surface area contributed by atoms with Crippen LogP contribution in [0.2, 0.25) is 0 Å². The molecule has 1 aromatic rings. The van der Waals surface area contributed by atoms with Gasteiger partial charge in [0.2, 0.25) is 0 Å². The lowest BCUT2D eigenvalue weighted by Crippen LogP contribution is -2.49. The summed E-state index contributed by atoms with van der Waals surface area (Å²) in [7, 11) is 0. The lowest BCUT2D eigenvalue weighted by Gasteiger charge is -2.33. The number of urea groups is 1. The van der Waals surface area contributed by atoms with Gasteiger partial charge >= 0.3 is 12.0 Å². The molecule has 0 aliphatic carbocycles. The van der Waals surface area contributed by atoms with E-state index in [4.69, 9.17) is 9.47 Å². The average Bonchev–Trinajstić information content (AvgIpc) is 2.68. The third-order valence-corrected chi connectivity index (χ3v) is 5.06. The molecule has 0 saturated carbocycles. The van der Waals surface area contributed by atoms with Gasteiger partial charge in [0.25, 0.3) is 0 Å². The highest BCUT2D eigenvalue weighted by molar-refractivity contribution is 5.95. The zero-order valence-corrected chi connectivity index (χ0v) is 17.5. The van der Waals surface area contributed by atoms with Crippen LogP contribution in [0, 0.1) is 0 Å². The number of carbonyl (C=O) groups is 2. The number of esters is 1.